The van der Waals surface area contributed by atoms with Crippen LogP contribution >= 0.6 is 0 Å². The number of aryl methyl sites for hydroxylation is 1. The second-order valence-corrected chi connectivity index (χ2v) is 3.73. The average Bonchev–Trinajstić information content (AvgIpc) is 2.63. The summed E-state index contributed by atoms with van der Waals surface area (Å²) in [5.41, 5.74) is 4.22. The lowest BCUT2D eigenvalue weighted by atomic mass is 9.96. The Balaban J connectivity index is 2.75. The van der Waals surface area contributed by atoms with E-state index < -0.39 is 5.60 Å². The molecule has 1 aromatic rings. The molecular weight excluding hydrogens is 196 g/mol. The monoisotopic (exact) mass is 213 g/mol. The summed E-state index contributed by atoms with van der Waals surface area (Å²) in [7, 11) is 0. The van der Waals surface area contributed by atoms with Gasteiger partial charge in [0.1, 0.15) is 23.2 Å². The molecule has 0 aliphatic carbocycles. The van der Waals surface area contributed by atoms with Gasteiger partial charge in [-0.2, -0.15) is 0 Å². The van der Waals surface area contributed by atoms with Crippen molar-refractivity contribution in [3.63, 3.8) is 0 Å². The number of aliphatic hydroxyl groups excluding tert-OH is 1. The van der Waals surface area contributed by atoms with Gasteiger partial charge in [-0.3, -0.25) is 0 Å². The van der Waals surface area contributed by atoms with E-state index in [1.165, 1.54) is 13.8 Å². The van der Waals surface area contributed by atoms with Crippen LogP contribution in [0.3, 0.4) is 0 Å². The van der Waals surface area contributed by atoms with Crippen LogP contribution in [0.4, 0.5) is 0 Å². The topological polar surface area (TPSA) is 92.5 Å². The highest BCUT2D eigenvalue weighted by molar-refractivity contribution is 5.18. The van der Waals surface area contributed by atoms with E-state index in [0.29, 0.717) is 24.4 Å². The van der Waals surface area contributed by atoms with Crippen LogP contribution in [-0.4, -0.2) is 21.9 Å². The van der Waals surface area contributed by atoms with Crippen LogP contribution in [0.15, 0.2) is 10.6 Å². The van der Waals surface area contributed by atoms with Crippen LogP contribution < -0.4 is 5.73 Å². The van der Waals surface area contributed by atoms with Crippen LogP contribution in [0, 0.1) is 6.10 Å². The third-order valence-corrected chi connectivity index (χ3v) is 2.39. The van der Waals surface area contributed by atoms with Crippen LogP contribution in [0.2, 0.25) is 0 Å². The third-order valence-electron chi connectivity index (χ3n) is 2.39. The van der Waals surface area contributed by atoms with Crippen molar-refractivity contribution >= 4 is 0 Å². The number of rotatable bonds is 5. The molecule has 1 heterocycles. The molecule has 0 fully saturated rings. The van der Waals surface area contributed by atoms with Gasteiger partial charge in [-0.05, 0) is 26.8 Å². The molecule has 85 valence electrons. The van der Waals surface area contributed by atoms with E-state index in [4.69, 9.17) is 10.3 Å². The molecule has 1 aromatic heterocycles. The Morgan fingerprint density at radius 2 is 2.33 bits per heavy atom. The first-order chi connectivity index (χ1) is 6.98. The van der Waals surface area contributed by atoms with Gasteiger partial charge in [0.2, 0.25) is 0 Å². The van der Waals surface area contributed by atoms with Gasteiger partial charge >= 0.3 is 0 Å². The Bertz CT molecular complexity index is 307. The first-order valence-electron chi connectivity index (χ1n) is 4.90. The second-order valence-electron chi connectivity index (χ2n) is 3.73. The molecule has 15 heavy (non-hydrogen) atoms. The zero-order valence-corrected chi connectivity index (χ0v) is 9.03. The maximum Gasteiger partial charge on any atom is 0.138 e. The predicted octanol–water partition coefficient (Wildman–Crippen LogP) is 0.698. The molecule has 4 N–H and O–H groups in total. The van der Waals surface area contributed by atoms with Crippen molar-refractivity contribution < 1.29 is 14.7 Å². The molecular formula is C10H17N2O3. The standard InChI is InChI=1S/C10H17N2O3/c1-7(13)10(2,14)9-6-8(15-12-9)4-3-5-11/h6,13-14H,3-5,11H2,1-2H3. The normalized spacial score (nSPS) is 15.6. The minimum Gasteiger partial charge on any atom is -0.384 e. The molecule has 1 unspecified atom stereocenters. The number of hydrogen-bond acceptors (Lipinski definition) is 5. The molecule has 1 rings (SSSR count). The molecule has 0 amide bonds. The number of hydrogen-bond donors (Lipinski definition) is 3. The molecule has 1 atom stereocenters. The van der Waals surface area contributed by atoms with Crippen molar-refractivity contribution in [2.24, 2.45) is 5.73 Å². The lowest BCUT2D eigenvalue weighted by Crippen LogP contribution is -2.28. The highest BCUT2D eigenvalue weighted by Gasteiger charge is 2.33. The Hall–Kier alpha value is -0.910. The Kier molecular flexibility index (Phi) is 3.84. The van der Waals surface area contributed by atoms with Crippen molar-refractivity contribution in [1.82, 2.24) is 5.16 Å². The van der Waals surface area contributed by atoms with Gasteiger partial charge in [-0.1, -0.05) is 5.16 Å². The van der Waals surface area contributed by atoms with E-state index in [9.17, 15) is 10.2 Å². The molecule has 0 saturated carbocycles. The zero-order chi connectivity index (χ0) is 11.5. The maximum atomic E-state index is 9.87. The van der Waals surface area contributed by atoms with Crippen molar-refractivity contribution in [2.45, 2.75) is 32.3 Å². The van der Waals surface area contributed by atoms with E-state index >= 15 is 0 Å². The predicted molar refractivity (Wildman–Crippen MR) is 54.3 cm³/mol. The molecule has 0 bridgehead atoms. The van der Waals surface area contributed by atoms with Crippen LogP contribution in [0.1, 0.15) is 31.7 Å². The van der Waals surface area contributed by atoms with Crippen molar-refractivity contribution in [1.29, 1.82) is 0 Å². The van der Waals surface area contributed by atoms with E-state index in [1.54, 1.807) is 6.07 Å². The van der Waals surface area contributed by atoms with Gasteiger partial charge in [-0.25, -0.2) is 0 Å². The molecule has 0 aliphatic rings. The first kappa shape index (κ1) is 12.2. The third kappa shape index (κ3) is 2.77. The number of nitrogens with zero attached hydrogens (tertiary/aromatic N) is 1. The maximum absolute atomic E-state index is 9.87. The summed E-state index contributed by atoms with van der Waals surface area (Å²) in [6.45, 7) is 3.47. The highest BCUT2D eigenvalue weighted by atomic mass is 16.5. The Morgan fingerprint density at radius 1 is 1.67 bits per heavy atom. The summed E-state index contributed by atoms with van der Waals surface area (Å²) in [5.74, 6) is 0.664. The van der Waals surface area contributed by atoms with Gasteiger partial charge in [0, 0.05) is 12.5 Å². The number of aromatic nitrogens is 1. The molecule has 0 spiro atoms. The first-order valence-corrected chi connectivity index (χ1v) is 4.90. The smallest absolute Gasteiger partial charge is 0.138 e. The second kappa shape index (κ2) is 4.74. The lowest BCUT2D eigenvalue weighted by molar-refractivity contribution is 0.00130. The van der Waals surface area contributed by atoms with E-state index in [0.717, 1.165) is 6.42 Å². The fourth-order valence-electron chi connectivity index (χ4n) is 1.12. The Morgan fingerprint density at radius 3 is 2.87 bits per heavy atom. The minimum atomic E-state index is -1.45. The Labute approximate surface area is 88.9 Å². The van der Waals surface area contributed by atoms with E-state index in [2.05, 4.69) is 5.16 Å². The van der Waals surface area contributed by atoms with E-state index in [1.807, 2.05) is 0 Å². The number of aliphatic hydroxyl groups is 2. The lowest BCUT2D eigenvalue weighted by Gasteiger charge is -2.22. The van der Waals surface area contributed by atoms with Crippen molar-refractivity contribution in [3.05, 3.63) is 23.6 Å². The van der Waals surface area contributed by atoms with Gasteiger partial charge in [0.15, 0.2) is 0 Å². The van der Waals surface area contributed by atoms with Crippen molar-refractivity contribution in [3.8, 4) is 0 Å². The summed E-state index contributed by atoms with van der Waals surface area (Å²) in [6, 6.07) is 1.63. The van der Waals surface area contributed by atoms with Gasteiger partial charge < -0.3 is 20.5 Å². The molecule has 5 nitrogen and oxygen atoms in total. The summed E-state index contributed by atoms with van der Waals surface area (Å²) >= 11 is 0. The van der Waals surface area contributed by atoms with Gasteiger partial charge in [0.25, 0.3) is 0 Å². The fraction of sp³-hybridized carbons (Fsp3) is 0.600. The largest absolute Gasteiger partial charge is 0.384 e. The highest BCUT2D eigenvalue weighted by Crippen LogP contribution is 2.28. The SMILES string of the molecule is C[C](O)C(C)(O)c1cc(CCCN)on1. The molecule has 0 aromatic carbocycles. The van der Waals surface area contributed by atoms with Gasteiger partial charge in [0.05, 0.1) is 0 Å². The summed E-state index contributed by atoms with van der Waals surface area (Å²) in [4.78, 5) is 0. The quantitative estimate of drug-likeness (QED) is 0.669. The van der Waals surface area contributed by atoms with E-state index in [-0.39, 0.29) is 6.10 Å². The van der Waals surface area contributed by atoms with Crippen molar-refractivity contribution in [2.75, 3.05) is 6.54 Å². The van der Waals surface area contributed by atoms with Gasteiger partial charge in [-0.15, -0.1) is 0 Å². The van der Waals surface area contributed by atoms with Crippen LogP contribution in [0.25, 0.3) is 0 Å². The molecule has 0 aliphatic heterocycles. The summed E-state index contributed by atoms with van der Waals surface area (Å²) < 4.78 is 5.01. The summed E-state index contributed by atoms with van der Waals surface area (Å²) in [6.07, 6.45) is 1.38. The van der Waals surface area contributed by atoms with Crippen LogP contribution in [-0.2, 0) is 12.0 Å². The van der Waals surface area contributed by atoms with Crippen LogP contribution in [0.5, 0.6) is 0 Å². The number of nitrogens with two attached hydrogens (primary N) is 1. The average molecular weight is 213 g/mol. The fourth-order valence-corrected chi connectivity index (χ4v) is 1.12. The molecule has 5 heteroatoms. The molecule has 1 radical (unpaired) electrons. The summed E-state index contributed by atoms with van der Waals surface area (Å²) in [5, 5.41) is 22.9. The zero-order valence-electron chi connectivity index (χ0n) is 9.03. The minimum absolute atomic E-state index is 0.110. The molecule has 0 saturated heterocycles.